The Morgan fingerprint density at radius 1 is 1.53 bits per heavy atom. The van der Waals surface area contributed by atoms with Crippen LogP contribution in [0.25, 0.3) is 0 Å². The molecule has 5 heteroatoms. The molecule has 2 rings (SSSR count). The van der Waals surface area contributed by atoms with Crippen molar-refractivity contribution in [2.75, 3.05) is 13.1 Å². The predicted molar refractivity (Wildman–Crippen MR) is 62.1 cm³/mol. The smallest absolute Gasteiger partial charge is 0.225 e. The maximum absolute atomic E-state index is 11.7. The number of carbonyl (C=O) groups excluding carboxylic acids is 2. The Morgan fingerprint density at radius 3 is 3.06 bits per heavy atom. The molecule has 0 saturated carbocycles. The number of carbonyl (C=O) groups is 2. The minimum atomic E-state index is -0.216. The van der Waals surface area contributed by atoms with Gasteiger partial charge in [0.05, 0.1) is 5.92 Å². The molecule has 0 bridgehead atoms. The second kappa shape index (κ2) is 5.43. The van der Waals surface area contributed by atoms with Gasteiger partial charge < -0.3 is 10.6 Å². The highest BCUT2D eigenvalue weighted by Crippen LogP contribution is 2.08. The summed E-state index contributed by atoms with van der Waals surface area (Å²) in [6.45, 7) is 1.01. The highest BCUT2D eigenvalue weighted by atomic mass is 16.2. The molecule has 1 aromatic heterocycles. The highest BCUT2D eigenvalue weighted by Gasteiger charge is 2.27. The van der Waals surface area contributed by atoms with E-state index in [1.807, 2.05) is 18.2 Å². The van der Waals surface area contributed by atoms with Crippen LogP contribution < -0.4 is 10.6 Å². The van der Waals surface area contributed by atoms with Crippen molar-refractivity contribution in [1.29, 1.82) is 0 Å². The summed E-state index contributed by atoms with van der Waals surface area (Å²) in [6.07, 6.45) is 2.74. The van der Waals surface area contributed by atoms with E-state index >= 15 is 0 Å². The maximum Gasteiger partial charge on any atom is 0.225 e. The van der Waals surface area contributed by atoms with Gasteiger partial charge in [0.1, 0.15) is 0 Å². The van der Waals surface area contributed by atoms with Gasteiger partial charge in [-0.3, -0.25) is 14.6 Å². The van der Waals surface area contributed by atoms with E-state index in [0.29, 0.717) is 25.9 Å². The van der Waals surface area contributed by atoms with Gasteiger partial charge in [-0.05, 0) is 12.1 Å². The van der Waals surface area contributed by atoms with Gasteiger partial charge in [-0.15, -0.1) is 0 Å². The van der Waals surface area contributed by atoms with Gasteiger partial charge in [0.25, 0.3) is 0 Å². The van der Waals surface area contributed by atoms with E-state index in [4.69, 9.17) is 0 Å². The van der Waals surface area contributed by atoms with E-state index in [2.05, 4.69) is 15.6 Å². The lowest BCUT2D eigenvalue weighted by atomic mass is 10.1. The summed E-state index contributed by atoms with van der Waals surface area (Å²) >= 11 is 0. The van der Waals surface area contributed by atoms with Gasteiger partial charge in [0.2, 0.25) is 11.8 Å². The van der Waals surface area contributed by atoms with Crippen molar-refractivity contribution in [3.63, 3.8) is 0 Å². The van der Waals surface area contributed by atoms with Crippen LogP contribution in [0.4, 0.5) is 0 Å². The normalized spacial score (nSPS) is 18.8. The Labute approximate surface area is 99.6 Å². The fraction of sp³-hybridized carbons (Fsp3) is 0.417. The van der Waals surface area contributed by atoms with Crippen LogP contribution in [-0.4, -0.2) is 29.9 Å². The Morgan fingerprint density at radius 2 is 2.41 bits per heavy atom. The van der Waals surface area contributed by atoms with Gasteiger partial charge in [-0.25, -0.2) is 0 Å². The number of hydrogen-bond acceptors (Lipinski definition) is 3. The topological polar surface area (TPSA) is 71.1 Å². The molecule has 17 heavy (non-hydrogen) atoms. The Bertz CT molecular complexity index is 405. The lowest BCUT2D eigenvalue weighted by molar-refractivity contribution is -0.126. The SMILES string of the molecule is O=C1CC(C(=O)NCCc2ccccn2)CN1. The molecule has 2 heterocycles. The Kier molecular flexibility index (Phi) is 3.69. The van der Waals surface area contributed by atoms with Crippen LogP contribution in [0.5, 0.6) is 0 Å². The van der Waals surface area contributed by atoms with Crippen LogP contribution in [0.3, 0.4) is 0 Å². The summed E-state index contributed by atoms with van der Waals surface area (Å²) in [6, 6.07) is 5.70. The van der Waals surface area contributed by atoms with Crippen LogP contribution in [0.2, 0.25) is 0 Å². The van der Waals surface area contributed by atoms with E-state index in [0.717, 1.165) is 5.69 Å². The molecule has 90 valence electrons. The molecule has 1 aromatic rings. The molecule has 1 aliphatic heterocycles. The molecule has 0 spiro atoms. The number of nitrogens with one attached hydrogen (secondary N) is 2. The molecule has 1 unspecified atom stereocenters. The molecule has 1 fully saturated rings. The maximum atomic E-state index is 11.7. The van der Waals surface area contributed by atoms with Gasteiger partial charge in [-0.1, -0.05) is 6.07 Å². The summed E-state index contributed by atoms with van der Waals surface area (Å²) in [5, 5.41) is 5.47. The lowest BCUT2D eigenvalue weighted by Crippen LogP contribution is -2.33. The van der Waals surface area contributed by atoms with Gasteiger partial charge in [-0.2, -0.15) is 0 Å². The first-order valence-corrected chi connectivity index (χ1v) is 5.70. The van der Waals surface area contributed by atoms with E-state index in [9.17, 15) is 9.59 Å². The van der Waals surface area contributed by atoms with Crippen molar-refractivity contribution in [2.45, 2.75) is 12.8 Å². The zero-order valence-corrected chi connectivity index (χ0v) is 9.48. The molecule has 2 N–H and O–H groups in total. The molecular weight excluding hydrogens is 218 g/mol. The summed E-state index contributed by atoms with van der Waals surface area (Å²) < 4.78 is 0. The molecule has 2 amide bonds. The van der Waals surface area contributed by atoms with Crippen molar-refractivity contribution in [3.8, 4) is 0 Å². The first-order valence-electron chi connectivity index (χ1n) is 5.70. The molecular formula is C12H15N3O2. The van der Waals surface area contributed by atoms with Gasteiger partial charge in [0.15, 0.2) is 0 Å². The van der Waals surface area contributed by atoms with E-state index in [1.165, 1.54) is 0 Å². The third-order valence-corrected chi connectivity index (χ3v) is 2.75. The molecule has 1 saturated heterocycles. The van der Waals surface area contributed by atoms with Crippen molar-refractivity contribution < 1.29 is 9.59 Å². The number of rotatable bonds is 4. The average Bonchev–Trinajstić information content (AvgIpc) is 2.77. The number of hydrogen-bond donors (Lipinski definition) is 2. The van der Waals surface area contributed by atoms with Crippen LogP contribution in [0, 0.1) is 5.92 Å². The summed E-state index contributed by atoms with van der Waals surface area (Å²) in [5.74, 6) is -0.319. The molecule has 1 atom stereocenters. The Balaban J connectivity index is 1.72. The van der Waals surface area contributed by atoms with E-state index < -0.39 is 0 Å². The predicted octanol–water partition coefficient (Wildman–Crippen LogP) is -0.124. The number of pyridine rings is 1. The average molecular weight is 233 g/mol. The van der Waals surface area contributed by atoms with E-state index in [1.54, 1.807) is 6.20 Å². The van der Waals surface area contributed by atoms with Crippen molar-refractivity contribution >= 4 is 11.8 Å². The molecule has 0 aliphatic carbocycles. The number of nitrogens with zero attached hydrogens (tertiary/aromatic N) is 1. The fourth-order valence-corrected chi connectivity index (χ4v) is 1.79. The molecule has 1 aliphatic rings. The highest BCUT2D eigenvalue weighted by molar-refractivity contribution is 5.89. The van der Waals surface area contributed by atoms with Crippen LogP contribution in [0.1, 0.15) is 12.1 Å². The van der Waals surface area contributed by atoms with E-state index in [-0.39, 0.29) is 17.7 Å². The van der Waals surface area contributed by atoms with Gasteiger partial charge >= 0.3 is 0 Å². The van der Waals surface area contributed by atoms with Gasteiger partial charge in [0, 0.05) is 37.8 Å². The first-order chi connectivity index (χ1) is 8.25. The molecule has 0 aromatic carbocycles. The van der Waals surface area contributed by atoms with Crippen molar-refractivity contribution in [2.24, 2.45) is 5.92 Å². The summed E-state index contributed by atoms with van der Waals surface area (Å²) in [4.78, 5) is 26.8. The fourth-order valence-electron chi connectivity index (χ4n) is 1.79. The molecule has 0 radical (unpaired) electrons. The van der Waals surface area contributed by atoms with Crippen molar-refractivity contribution in [3.05, 3.63) is 30.1 Å². The minimum Gasteiger partial charge on any atom is -0.355 e. The number of amides is 2. The summed E-state index contributed by atoms with van der Waals surface area (Å²) in [7, 11) is 0. The standard InChI is InChI=1S/C12H15N3O2/c16-11-7-9(8-15-11)12(17)14-6-4-10-3-1-2-5-13-10/h1-3,5,9H,4,6-8H2,(H,14,17)(H,15,16). The largest absolute Gasteiger partial charge is 0.355 e. The zero-order chi connectivity index (χ0) is 12.1. The quantitative estimate of drug-likeness (QED) is 0.761. The van der Waals surface area contributed by atoms with Crippen LogP contribution in [0.15, 0.2) is 24.4 Å². The third-order valence-electron chi connectivity index (χ3n) is 2.75. The Hall–Kier alpha value is -1.91. The van der Waals surface area contributed by atoms with Crippen LogP contribution >= 0.6 is 0 Å². The summed E-state index contributed by atoms with van der Waals surface area (Å²) in [5.41, 5.74) is 0.952. The monoisotopic (exact) mass is 233 g/mol. The van der Waals surface area contributed by atoms with Crippen LogP contribution in [-0.2, 0) is 16.0 Å². The zero-order valence-electron chi connectivity index (χ0n) is 9.48. The number of aromatic nitrogens is 1. The third kappa shape index (κ3) is 3.27. The second-order valence-electron chi connectivity index (χ2n) is 4.07. The van der Waals surface area contributed by atoms with Crippen molar-refractivity contribution in [1.82, 2.24) is 15.6 Å². The molecule has 5 nitrogen and oxygen atoms in total. The minimum absolute atomic E-state index is 0.0464. The lowest BCUT2D eigenvalue weighted by Gasteiger charge is -2.08. The first kappa shape index (κ1) is 11.6. The second-order valence-corrected chi connectivity index (χ2v) is 4.07.